The summed E-state index contributed by atoms with van der Waals surface area (Å²) in [5, 5.41) is 17.1. The Kier molecular flexibility index (Phi) is 7.61. The highest BCUT2D eigenvalue weighted by Gasteiger charge is 2.27. The normalized spacial score (nSPS) is 12.6. The Labute approximate surface area is 200 Å². The number of amides is 1. The van der Waals surface area contributed by atoms with E-state index < -0.39 is 11.6 Å². The largest absolute Gasteiger partial charge is 0.464 e. The number of anilines is 2. The van der Waals surface area contributed by atoms with E-state index in [4.69, 9.17) is 4.74 Å². The molecule has 0 spiro atoms. The molecule has 3 rings (SSSR count). The van der Waals surface area contributed by atoms with Crippen LogP contribution in [0.2, 0.25) is 0 Å². The summed E-state index contributed by atoms with van der Waals surface area (Å²) in [5.41, 5.74) is 1.78. The standard InChI is InChI=1S/C26H34N4O4/c1-16(2)15-30-23(25(32)34-6)22(29-21(31)12-18-10-8-7-9-11-18)20-13-19(14-27-24(20)30)28-17(3)26(4,5)33/h7-11,13-14,16-17,28,33H,12,15H2,1-6H3,(H,29,31). The van der Waals surface area contributed by atoms with Crippen molar-refractivity contribution >= 4 is 34.3 Å². The molecule has 3 aromatic rings. The molecular weight excluding hydrogens is 432 g/mol. The number of methoxy groups -OCH3 is 1. The fraction of sp³-hybridized carbons (Fsp3) is 0.423. The second-order valence-corrected chi connectivity index (χ2v) is 9.55. The zero-order valence-electron chi connectivity index (χ0n) is 20.7. The van der Waals surface area contributed by atoms with Crippen molar-refractivity contribution in [2.75, 3.05) is 17.7 Å². The summed E-state index contributed by atoms with van der Waals surface area (Å²) in [5.74, 6) is -0.571. The number of hydrogen-bond acceptors (Lipinski definition) is 6. The predicted octanol–water partition coefficient (Wildman–Crippen LogP) is 4.23. The van der Waals surface area contributed by atoms with Gasteiger partial charge in [-0.15, -0.1) is 0 Å². The predicted molar refractivity (Wildman–Crippen MR) is 134 cm³/mol. The summed E-state index contributed by atoms with van der Waals surface area (Å²) < 4.78 is 6.88. The zero-order chi connectivity index (χ0) is 25.0. The molecule has 0 aliphatic heterocycles. The van der Waals surface area contributed by atoms with E-state index in [1.54, 1.807) is 24.6 Å². The lowest BCUT2D eigenvalue weighted by molar-refractivity contribution is -0.115. The molecule has 0 fully saturated rings. The number of rotatable bonds is 9. The minimum absolute atomic E-state index is 0.166. The van der Waals surface area contributed by atoms with Crippen LogP contribution in [0.1, 0.15) is 50.7 Å². The van der Waals surface area contributed by atoms with E-state index in [-0.39, 0.29) is 30.0 Å². The van der Waals surface area contributed by atoms with E-state index in [2.05, 4.69) is 15.6 Å². The van der Waals surface area contributed by atoms with Crippen molar-refractivity contribution in [3.05, 3.63) is 53.9 Å². The van der Waals surface area contributed by atoms with Gasteiger partial charge in [0.25, 0.3) is 0 Å². The molecule has 8 heteroatoms. The number of benzene rings is 1. The first-order valence-corrected chi connectivity index (χ1v) is 11.4. The summed E-state index contributed by atoms with van der Waals surface area (Å²) in [7, 11) is 1.32. The highest BCUT2D eigenvalue weighted by molar-refractivity contribution is 6.11. The van der Waals surface area contributed by atoms with Crippen LogP contribution in [0.25, 0.3) is 11.0 Å². The smallest absolute Gasteiger partial charge is 0.356 e. The minimum atomic E-state index is -0.956. The number of aromatic nitrogens is 2. The second-order valence-electron chi connectivity index (χ2n) is 9.55. The first-order valence-electron chi connectivity index (χ1n) is 11.4. The zero-order valence-corrected chi connectivity index (χ0v) is 20.7. The number of nitrogens with one attached hydrogen (secondary N) is 2. The monoisotopic (exact) mass is 466 g/mol. The highest BCUT2D eigenvalue weighted by Crippen LogP contribution is 2.34. The molecule has 2 aromatic heterocycles. The summed E-state index contributed by atoms with van der Waals surface area (Å²) in [6, 6.07) is 11.0. The molecule has 0 aliphatic carbocycles. The molecule has 0 saturated carbocycles. The molecule has 3 N–H and O–H groups in total. The lowest BCUT2D eigenvalue weighted by Gasteiger charge is -2.27. The molecule has 1 amide bonds. The molecule has 1 unspecified atom stereocenters. The molecule has 1 atom stereocenters. The number of hydrogen-bond donors (Lipinski definition) is 3. The van der Waals surface area contributed by atoms with Gasteiger partial charge in [-0.25, -0.2) is 9.78 Å². The Morgan fingerprint density at radius 3 is 2.44 bits per heavy atom. The Morgan fingerprint density at radius 2 is 1.85 bits per heavy atom. The van der Waals surface area contributed by atoms with Crippen molar-refractivity contribution < 1.29 is 19.4 Å². The van der Waals surface area contributed by atoms with Crippen LogP contribution in [0.3, 0.4) is 0 Å². The Morgan fingerprint density at radius 1 is 1.18 bits per heavy atom. The van der Waals surface area contributed by atoms with Crippen molar-refractivity contribution in [1.82, 2.24) is 9.55 Å². The number of ether oxygens (including phenoxy) is 1. The van der Waals surface area contributed by atoms with Crippen LogP contribution in [0.4, 0.5) is 11.4 Å². The highest BCUT2D eigenvalue weighted by atomic mass is 16.5. The van der Waals surface area contributed by atoms with Gasteiger partial charge < -0.3 is 25.0 Å². The average molecular weight is 467 g/mol. The lowest BCUT2D eigenvalue weighted by Crippen LogP contribution is -2.39. The number of aliphatic hydroxyl groups is 1. The van der Waals surface area contributed by atoms with Crippen molar-refractivity contribution in [3.8, 4) is 0 Å². The van der Waals surface area contributed by atoms with Crippen molar-refractivity contribution in [1.29, 1.82) is 0 Å². The third kappa shape index (κ3) is 5.75. The van der Waals surface area contributed by atoms with Gasteiger partial charge in [0.1, 0.15) is 5.65 Å². The average Bonchev–Trinajstić information content (AvgIpc) is 3.05. The summed E-state index contributed by atoms with van der Waals surface area (Å²) in [6.45, 7) is 9.93. The molecule has 2 heterocycles. The topological polar surface area (TPSA) is 105 Å². The van der Waals surface area contributed by atoms with Crippen molar-refractivity contribution in [2.45, 2.75) is 59.2 Å². The SMILES string of the molecule is COC(=O)c1c(NC(=O)Cc2ccccc2)c2cc(NC(C)C(C)(C)O)cnc2n1CC(C)C. The van der Waals surface area contributed by atoms with E-state index in [9.17, 15) is 14.7 Å². The molecule has 34 heavy (non-hydrogen) atoms. The quantitative estimate of drug-likeness (QED) is 0.408. The van der Waals surface area contributed by atoms with E-state index in [0.717, 1.165) is 5.56 Å². The first-order chi connectivity index (χ1) is 16.0. The molecule has 182 valence electrons. The van der Waals surface area contributed by atoms with Crippen LogP contribution in [0, 0.1) is 5.92 Å². The van der Waals surface area contributed by atoms with Gasteiger partial charge in [-0.1, -0.05) is 44.2 Å². The maximum Gasteiger partial charge on any atom is 0.356 e. The Balaban J connectivity index is 2.11. The molecule has 0 bridgehead atoms. The molecular formula is C26H34N4O4. The summed E-state index contributed by atoms with van der Waals surface area (Å²) in [6.07, 6.45) is 1.83. The number of pyridine rings is 1. The van der Waals surface area contributed by atoms with Crippen LogP contribution >= 0.6 is 0 Å². The third-order valence-corrected chi connectivity index (χ3v) is 5.74. The van der Waals surface area contributed by atoms with Crippen molar-refractivity contribution in [3.63, 3.8) is 0 Å². The van der Waals surface area contributed by atoms with Gasteiger partial charge in [0.15, 0.2) is 5.69 Å². The number of carbonyl (C=O) groups excluding carboxylic acids is 2. The fourth-order valence-electron chi connectivity index (χ4n) is 3.67. The van der Waals surface area contributed by atoms with Gasteiger partial charge in [0.2, 0.25) is 5.91 Å². The van der Waals surface area contributed by atoms with Crippen LogP contribution < -0.4 is 10.6 Å². The molecule has 0 saturated heterocycles. The number of nitrogens with zero attached hydrogens (tertiary/aromatic N) is 2. The van der Waals surface area contributed by atoms with E-state index in [1.807, 2.05) is 57.2 Å². The third-order valence-electron chi connectivity index (χ3n) is 5.74. The summed E-state index contributed by atoms with van der Waals surface area (Å²) in [4.78, 5) is 30.5. The van der Waals surface area contributed by atoms with Gasteiger partial charge in [-0.05, 0) is 38.3 Å². The fourth-order valence-corrected chi connectivity index (χ4v) is 3.67. The molecule has 0 radical (unpaired) electrons. The van der Waals surface area contributed by atoms with Gasteiger partial charge in [-0.3, -0.25) is 4.79 Å². The maximum atomic E-state index is 13.0. The number of fused-ring (bicyclic) bond motifs is 1. The minimum Gasteiger partial charge on any atom is -0.464 e. The molecule has 8 nitrogen and oxygen atoms in total. The van der Waals surface area contributed by atoms with E-state index in [1.165, 1.54) is 7.11 Å². The van der Waals surface area contributed by atoms with Crippen LogP contribution in [-0.2, 0) is 22.5 Å². The van der Waals surface area contributed by atoms with Gasteiger partial charge in [0, 0.05) is 11.9 Å². The van der Waals surface area contributed by atoms with E-state index in [0.29, 0.717) is 29.0 Å². The maximum absolute atomic E-state index is 13.0. The Hall–Kier alpha value is -3.39. The van der Waals surface area contributed by atoms with Gasteiger partial charge in [0.05, 0.1) is 42.7 Å². The van der Waals surface area contributed by atoms with Crippen LogP contribution in [-0.4, -0.2) is 45.3 Å². The van der Waals surface area contributed by atoms with Gasteiger partial charge >= 0.3 is 5.97 Å². The molecule has 1 aromatic carbocycles. The first kappa shape index (κ1) is 25.2. The summed E-state index contributed by atoms with van der Waals surface area (Å²) >= 11 is 0. The van der Waals surface area contributed by atoms with Crippen LogP contribution in [0.15, 0.2) is 42.6 Å². The van der Waals surface area contributed by atoms with Crippen LogP contribution in [0.5, 0.6) is 0 Å². The second kappa shape index (κ2) is 10.3. The number of carbonyl (C=O) groups is 2. The van der Waals surface area contributed by atoms with Gasteiger partial charge in [-0.2, -0.15) is 0 Å². The molecule has 0 aliphatic rings. The number of esters is 1. The Bertz CT molecular complexity index is 1160. The van der Waals surface area contributed by atoms with Crippen molar-refractivity contribution in [2.24, 2.45) is 5.92 Å². The van der Waals surface area contributed by atoms with E-state index >= 15 is 0 Å². The lowest BCUT2D eigenvalue weighted by atomic mass is 10.0.